The van der Waals surface area contributed by atoms with Crippen LogP contribution in [0.1, 0.15) is 34.1 Å². The summed E-state index contributed by atoms with van der Waals surface area (Å²) < 4.78 is 14.3. The third-order valence-electron chi connectivity index (χ3n) is 2.99. The second-order valence-electron chi connectivity index (χ2n) is 5.81. The predicted molar refractivity (Wildman–Crippen MR) is 71.3 cm³/mol. The van der Waals surface area contributed by atoms with Crippen molar-refractivity contribution in [1.29, 1.82) is 0 Å². The molecule has 0 amide bonds. The van der Waals surface area contributed by atoms with E-state index in [1.165, 1.54) is 6.08 Å². The van der Waals surface area contributed by atoms with Gasteiger partial charge in [-0.3, -0.25) is 0 Å². The Balaban J connectivity index is 2.83. The third kappa shape index (κ3) is 3.84. The SMILES string of the molecule is CC(C)CNC1(CC(C)C)C=CC(N)=CC1F. The van der Waals surface area contributed by atoms with Gasteiger partial charge in [0.2, 0.25) is 0 Å². The minimum Gasteiger partial charge on any atom is -0.399 e. The van der Waals surface area contributed by atoms with Crippen molar-refractivity contribution in [2.75, 3.05) is 6.54 Å². The first kappa shape index (κ1) is 14.2. The lowest BCUT2D eigenvalue weighted by molar-refractivity contribution is 0.192. The molecule has 0 aromatic heterocycles. The van der Waals surface area contributed by atoms with Crippen LogP contribution >= 0.6 is 0 Å². The molecule has 2 atom stereocenters. The van der Waals surface area contributed by atoms with E-state index in [2.05, 4.69) is 33.0 Å². The lowest BCUT2D eigenvalue weighted by atomic mass is 9.81. The number of allylic oxidation sites excluding steroid dienone is 1. The number of nitrogens with one attached hydrogen (secondary N) is 1. The van der Waals surface area contributed by atoms with E-state index in [0.717, 1.165) is 13.0 Å². The van der Waals surface area contributed by atoms with Gasteiger partial charge in [0, 0.05) is 5.70 Å². The van der Waals surface area contributed by atoms with Crippen molar-refractivity contribution in [3.63, 3.8) is 0 Å². The lowest BCUT2D eigenvalue weighted by Gasteiger charge is -2.38. The molecule has 0 heterocycles. The maximum atomic E-state index is 14.3. The maximum Gasteiger partial charge on any atom is 0.142 e. The highest BCUT2D eigenvalue weighted by Crippen LogP contribution is 2.29. The normalized spacial score (nSPS) is 28.9. The highest BCUT2D eigenvalue weighted by atomic mass is 19.1. The Hall–Kier alpha value is -0.830. The zero-order valence-corrected chi connectivity index (χ0v) is 11.3. The summed E-state index contributed by atoms with van der Waals surface area (Å²) in [6.45, 7) is 9.29. The molecule has 0 saturated carbocycles. The average Bonchev–Trinajstić information content (AvgIpc) is 2.20. The standard InChI is InChI=1S/C14H25FN2/c1-10(2)8-14(17-9-11(3)4)6-5-12(16)7-13(14)15/h5-7,10-11,13,17H,8-9,16H2,1-4H3. The van der Waals surface area contributed by atoms with Gasteiger partial charge in [-0.1, -0.05) is 33.8 Å². The van der Waals surface area contributed by atoms with Gasteiger partial charge in [-0.2, -0.15) is 0 Å². The molecule has 1 aliphatic rings. The van der Waals surface area contributed by atoms with Crippen LogP contribution in [0.3, 0.4) is 0 Å². The van der Waals surface area contributed by atoms with Crippen molar-refractivity contribution >= 4 is 0 Å². The van der Waals surface area contributed by atoms with Gasteiger partial charge in [-0.05, 0) is 37.0 Å². The maximum absolute atomic E-state index is 14.3. The number of hydrogen-bond acceptors (Lipinski definition) is 2. The molecule has 3 N–H and O–H groups in total. The summed E-state index contributed by atoms with van der Waals surface area (Å²) in [6.07, 6.45) is 4.95. The molecule has 98 valence electrons. The predicted octanol–water partition coefficient (Wildman–Crippen LogP) is 2.77. The van der Waals surface area contributed by atoms with E-state index in [9.17, 15) is 4.39 Å². The highest BCUT2D eigenvalue weighted by molar-refractivity contribution is 5.31. The summed E-state index contributed by atoms with van der Waals surface area (Å²) in [5.74, 6) is 0.938. The molecule has 0 radical (unpaired) electrons. The minimum atomic E-state index is -1.05. The number of hydrogen-bond donors (Lipinski definition) is 2. The molecule has 17 heavy (non-hydrogen) atoms. The number of halogens is 1. The highest BCUT2D eigenvalue weighted by Gasteiger charge is 2.37. The van der Waals surface area contributed by atoms with Crippen LogP contribution in [0.25, 0.3) is 0 Å². The monoisotopic (exact) mass is 240 g/mol. The molecule has 2 unspecified atom stereocenters. The van der Waals surface area contributed by atoms with E-state index in [4.69, 9.17) is 5.73 Å². The van der Waals surface area contributed by atoms with Gasteiger partial charge < -0.3 is 11.1 Å². The zero-order valence-electron chi connectivity index (χ0n) is 11.3. The van der Waals surface area contributed by atoms with Crippen molar-refractivity contribution in [1.82, 2.24) is 5.32 Å². The van der Waals surface area contributed by atoms with Gasteiger partial charge in [0.15, 0.2) is 0 Å². The Morgan fingerprint density at radius 3 is 2.47 bits per heavy atom. The zero-order chi connectivity index (χ0) is 13.1. The fourth-order valence-corrected chi connectivity index (χ4v) is 2.19. The van der Waals surface area contributed by atoms with E-state index in [-0.39, 0.29) is 0 Å². The molecule has 1 aliphatic carbocycles. The summed E-state index contributed by atoms with van der Waals surface area (Å²) >= 11 is 0. The van der Waals surface area contributed by atoms with Crippen LogP contribution in [0.2, 0.25) is 0 Å². The summed E-state index contributed by atoms with van der Waals surface area (Å²) in [7, 11) is 0. The van der Waals surface area contributed by atoms with Crippen LogP contribution in [0.15, 0.2) is 23.9 Å². The van der Waals surface area contributed by atoms with Gasteiger partial charge in [0.1, 0.15) is 6.17 Å². The summed E-state index contributed by atoms with van der Waals surface area (Å²) in [5.41, 5.74) is 5.57. The Morgan fingerprint density at radius 1 is 1.35 bits per heavy atom. The minimum absolute atomic E-state index is 0.435. The Kier molecular flexibility index (Phi) is 4.75. The third-order valence-corrected chi connectivity index (χ3v) is 2.99. The molecule has 2 nitrogen and oxygen atoms in total. The van der Waals surface area contributed by atoms with Gasteiger partial charge in [-0.15, -0.1) is 0 Å². The Morgan fingerprint density at radius 2 is 2.00 bits per heavy atom. The molecule has 1 rings (SSSR count). The molecule has 0 aliphatic heterocycles. The number of rotatable bonds is 5. The molecular formula is C14H25FN2. The van der Waals surface area contributed by atoms with Crippen LogP contribution in [-0.4, -0.2) is 18.3 Å². The molecule has 0 bridgehead atoms. The molecule has 0 fully saturated rings. The van der Waals surface area contributed by atoms with Gasteiger partial charge in [0.25, 0.3) is 0 Å². The van der Waals surface area contributed by atoms with E-state index in [1.54, 1.807) is 0 Å². The van der Waals surface area contributed by atoms with Crippen LogP contribution in [0.5, 0.6) is 0 Å². The molecule has 0 aromatic rings. The van der Waals surface area contributed by atoms with Crippen LogP contribution < -0.4 is 11.1 Å². The first-order chi connectivity index (χ1) is 7.85. The second kappa shape index (κ2) is 5.67. The largest absolute Gasteiger partial charge is 0.399 e. The van der Waals surface area contributed by atoms with Gasteiger partial charge in [-0.25, -0.2) is 4.39 Å². The molecule has 0 saturated heterocycles. The first-order valence-corrected chi connectivity index (χ1v) is 6.41. The topological polar surface area (TPSA) is 38.0 Å². The fraction of sp³-hybridized carbons (Fsp3) is 0.714. The lowest BCUT2D eigenvalue weighted by Crippen LogP contribution is -2.53. The van der Waals surface area contributed by atoms with E-state index in [1.807, 2.05) is 12.2 Å². The molecule has 0 spiro atoms. The van der Waals surface area contributed by atoms with E-state index < -0.39 is 11.7 Å². The van der Waals surface area contributed by atoms with Crippen molar-refractivity contribution < 1.29 is 4.39 Å². The first-order valence-electron chi connectivity index (χ1n) is 6.41. The quantitative estimate of drug-likeness (QED) is 0.775. The van der Waals surface area contributed by atoms with Gasteiger partial charge >= 0.3 is 0 Å². The van der Waals surface area contributed by atoms with Crippen molar-refractivity contribution in [2.24, 2.45) is 17.6 Å². The van der Waals surface area contributed by atoms with E-state index >= 15 is 0 Å². The smallest absolute Gasteiger partial charge is 0.142 e. The second-order valence-corrected chi connectivity index (χ2v) is 5.81. The summed E-state index contributed by atoms with van der Waals surface area (Å²) in [5, 5.41) is 3.37. The number of nitrogens with two attached hydrogens (primary N) is 1. The molecule has 0 aromatic carbocycles. The van der Waals surface area contributed by atoms with Gasteiger partial charge in [0.05, 0.1) is 5.54 Å². The Labute approximate surface area is 104 Å². The van der Waals surface area contributed by atoms with E-state index in [0.29, 0.717) is 17.5 Å². The van der Waals surface area contributed by atoms with Crippen molar-refractivity contribution in [3.8, 4) is 0 Å². The molecular weight excluding hydrogens is 215 g/mol. The van der Waals surface area contributed by atoms with Crippen molar-refractivity contribution in [2.45, 2.75) is 45.8 Å². The van der Waals surface area contributed by atoms with Crippen LogP contribution in [-0.2, 0) is 0 Å². The van der Waals surface area contributed by atoms with Crippen LogP contribution in [0, 0.1) is 11.8 Å². The summed E-state index contributed by atoms with van der Waals surface area (Å²) in [4.78, 5) is 0. The van der Waals surface area contributed by atoms with Crippen LogP contribution in [0.4, 0.5) is 4.39 Å². The molecule has 3 heteroatoms. The number of alkyl halides is 1. The Bertz CT molecular complexity index is 307. The summed E-state index contributed by atoms with van der Waals surface area (Å²) in [6, 6.07) is 0. The fourth-order valence-electron chi connectivity index (χ4n) is 2.19. The average molecular weight is 240 g/mol. The van der Waals surface area contributed by atoms with Crippen molar-refractivity contribution in [3.05, 3.63) is 23.9 Å².